The fourth-order valence-corrected chi connectivity index (χ4v) is 1.84. The highest BCUT2D eigenvalue weighted by molar-refractivity contribution is 5.95. The van der Waals surface area contributed by atoms with Crippen LogP contribution >= 0.6 is 0 Å². The first-order chi connectivity index (χ1) is 6.72. The van der Waals surface area contributed by atoms with Crippen LogP contribution in [0.1, 0.15) is 17.5 Å². The molecule has 0 bridgehead atoms. The highest BCUT2D eigenvalue weighted by Crippen LogP contribution is 2.27. The summed E-state index contributed by atoms with van der Waals surface area (Å²) in [5, 5.41) is 0. The molecule has 0 saturated heterocycles. The van der Waals surface area contributed by atoms with Crippen LogP contribution in [0.25, 0.3) is 0 Å². The van der Waals surface area contributed by atoms with Crippen molar-refractivity contribution in [1.82, 2.24) is 0 Å². The van der Waals surface area contributed by atoms with Crippen molar-refractivity contribution < 1.29 is 4.79 Å². The van der Waals surface area contributed by atoms with E-state index in [0.29, 0.717) is 13.0 Å². The topological polar surface area (TPSA) is 46.3 Å². The Morgan fingerprint density at radius 1 is 1.43 bits per heavy atom. The molecule has 0 fully saturated rings. The third kappa shape index (κ3) is 1.40. The Morgan fingerprint density at radius 2 is 2.21 bits per heavy atom. The molecular formula is C11H14N2O. The molecule has 0 saturated carbocycles. The Labute approximate surface area is 83.5 Å². The maximum atomic E-state index is 11.4. The Hall–Kier alpha value is -1.35. The normalized spacial score (nSPS) is 15.6. The molecule has 1 heterocycles. The van der Waals surface area contributed by atoms with E-state index in [0.717, 1.165) is 17.7 Å². The van der Waals surface area contributed by atoms with Crippen LogP contribution in [0.4, 0.5) is 5.69 Å². The van der Waals surface area contributed by atoms with Gasteiger partial charge in [-0.1, -0.05) is 12.1 Å². The molecule has 3 nitrogen and oxygen atoms in total. The molecular weight excluding hydrogens is 176 g/mol. The number of nitrogens with two attached hydrogens (primary N) is 1. The number of carbonyl (C=O) groups is 1. The molecule has 0 aliphatic carbocycles. The van der Waals surface area contributed by atoms with Gasteiger partial charge in [0.1, 0.15) is 0 Å². The maximum Gasteiger partial charge on any atom is 0.227 e. The van der Waals surface area contributed by atoms with E-state index in [-0.39, 0.29) is 5.91 Å². The fraction of sp³-hybridized carbons (Fsp3) is 0.364. The molecule has 0 radical (unpaired) electrons. The molecule has 2 rings (SSSR count). The summed E-state index contributed by atoms with van der Waals surface area (Å²) in [7, 11) is 1.82. The average molecular weight is 190 g/mol. The van der Waals surface area contributed by atoms with Crippen molar-refractivity contribution in [2.75, 3.05) is 11.9 Å². The molecule has 1 aliphatic heterocycles. The van der Waals surface area contributed by atoms with E-state index in [9.17, 15) is 4.79 Å². The average Bonchev–Trinajstić information content (AvgIpc) is 2.23. The van der Waals surface area contributed by atoms with Gasteiger partial charge in [0.2, 0.25) is 5.91 Å². The van der Waals surface area contributed by atoms with Gasteiger partial charge >= 0.3 is 0 Å². The van der Waals surface area contributed by atoms with Gasteiger partial charge in [-0.3, -0.25) is 4.79 Å². The molecule has 1 aromatic rings. The lowest BCUT2D eigenvalue weighted by atomic mass is 9.99. The molecule has 0 aromatic heterocycles. The summed E-state index contributed by atoms with van der Waals surface area (Å²) >= 11 is 0. The largest absolute Gasteiger partial charge is 0.326 e. The number of fused-ring (bicyclic) bond motifs is 1. The van der Waals surface area contributed by atoms with Crippen molar-refractivity contribution in [3.05, 3.63) is 29.3 Å². The molecule has 1 aromatic carbocycles. The van der Waals surface area contributed by atoms with Crippen molar-refractivity contribution >= 4 is 11.6 Å². The van der Waals surface area contributed by atoms with Crippen LogP contribution in [0.2, 0.25) is 0 Å². The second-order valence-corrected chi connectivity index (χ2v) is 3.62. The second-order valence-electron chi connectivity index (χ2n) is 3.62. The Morgan fingerprint density at radius 3 is 2.93 bits per heavy atom. The Bertz CT molecular complexity index is 374. The lowest BCUT2D eigenvalue weighted by Crippen LogP contribution is -2.31. The van der Waals surface area contributed by atoms with Crippen LogP contribution in [-0.2, 0) is 17.8 Å². The van der Waals surface area contributed by atoms with Crippen molar-refractivity contribution in [3.8, 4) is 0 Å². The van der Waals surface area contributed by atoms with E-state index in [4.69, 9.17) is 5.73 Å². The van der Waals surface area contributed by atoms with Gasteiger partial charge in [-0.05, 0) is 23.6 Å². The summed E-state index contributed by atoms with van der Waals surface area (Å²) in [5.41, 5.74) is 8.95. The summed E-state index contributed by atoms with van der Waals surface area (Å²) in [5.74, 6) is 0.193. The number of benzene rings is 1. The first-order valence-electron chi connectivity index (χ1n) is 4.81. The van der Waals surface area contributed by atoms with Crippen LogP contribution < -0.4 is 10.6 Å². The van der Waals surface area contributed by atoms with Gasteiger partial charge in [0, 0.05) is 25.7 Å². The number of hydrogen-bond donors (Lipinski definition) is 1. The van der Waals surface area contributed by atoms with E-state index in [1.165, 1.54) is 5.56 Å². The van der Waals surface area contributed by atoms with Crippen LogP contribution in [-0.4, -0.2) is 13.0 Å². The third-order valence-corrected chi connectivity index (χ3v) is 2.72. The number of rotatable bonds is 1. The highest BCUT2D eigenvalue weighted by atomic mass is 16.2. The van der Waals surface area contributed by atoms with E-state index in [2.05, 4.69) is 6.07 Å². The lowest BCUT2D eigenvalue weighted by Gasteiger charge is -2.26. The molecule has 74 valence electrons. The van der Waals surface area contributed by atoms with Crippen LogP contribution in [0.5, 0.6) is 0 Å². The molecule has 1 amide bonds. The summed E-state index contributed by atoms with van der Waals surface area (Å²) in [4.78, 5) is 13.1. The van der Waals surface area contributed by atoms with Crippen molar-refractivity contribution in [2.45, 2.75) is 19.4 Å². The van der Waals surface area contributed by atoms with Gasteiger partial charge in [0.05, 0.1) is 0 Å². The number of anilines is 1. The van der Waals surface area contributed by atoms with Gasteiger partial charge in [-0.2, -0.15) is 0 Å². The highest BCUT2D eigenvalue weighted by Gasteiger charge is 2.20. The second kappa shape index (κ2) is 3.42. The van der Waals surface area contributed by atoms with Crippen molar-refractivity contribution in [2.24, 2.45) is 5.73 Å². The van der Waals surface area contributed by atoms with E-state index in [1.54, 1.807) is 4.90 Å². The Kier molecular flexibility index (Phi) is 2.25. The zero-order valence-corrected chi connectivity index (χ0v) is 8.29. The molecule has 0 atom stereocenters. The van der Waals surface area contributed by atoms with Gasteiger partial charge in [-0.15, -0.1) is 0 Å². The van der Waals surface area contributed by atoms with Gasteiger partial charge in [0.15, 0.2) is 0 Å². The number of aryl methyl sites for hydroxylation is 1. The summed E-state index contributed by atoms with van der Waals surface area (Å²) in [6.45, 7) is 0.560. The van der Waals surface area contributed by atoms with Crippen molar-refractivity contribution in [3.63, 3.8) is 0 Å². The van der Waals surface area contributed by atoms with E-state index >= 15 is 0 Å². The Balaban J connectivity index is 2.43. The monoisotopic (exact) mass is 190 g/mol. The van der Waals surface area contributed by atoms with Crippen LogP contribution in [0.3, 0.4) is 0 Å². The predicted octanol–water partition coefficient (Wildman–Crippen LogP) is 1.05. The minimum atomic E-state index is 0.193. The predicted molar refractivity (Wildman–Crippen MR) is 56.1 cm³/mol. The smallest absolute Gasteiger partial charge is 0.227 e. The summed E-state index contributed by atoms with van der Waals surface area (Å²) in [6.07, 6.45) is 1.45. The molecule has 14 heavy (non-hydrogen) atoms. The molecule has 0 unspecified atom stereocenters. The molecule has 3 heteroatoms. The standard InChI is InChI=1S/C11H14N2O/c1-13-10-4-2-8(7-12)6-9(10)3-5-11(13)14/h2,4,6H,3,5,7,12H2,1H3. The molecule has 0 spiro atoms. The minimum Gasteiger partial charge on any atom is -0.326 e. The number of nitrogens with zero attached hydrogens (tertiary/aromatic N) is 1. The van der Waals surface area contributed by atoms with E-state index < -0.39 is 0 Å². The van der Waals surface area contributed by atoms with Crippen LogP contribution in [0, 0.1) is 0 Å². The first-order valence-corrected chi connectivity index (χ1v) is 4.81. The number of amides is 1. The quantitative estimate of drug-likeness (QED) is 0.719. The first kappa shape index (κ1) is 9.21. The third-order valence-electron chi connectivity index (χ3n) is 2.72. The van der Waals surface area contributed by atoms with Gasteiger partial charge < -0.3 is 10.6 Å². The van der Waals surface area contributed by atoms with E-state index in [1.807, 2.05) is 19.2 Å². The molecule has 2 N–H and O–H groups in total. The SMILES string of the molecule is CN1C(=O)CCc2cc(CN)ccc21. The number of hydrogen-bond acceptors (Lipinski definition) is 2. The fourth-order valence-electron chi connectivity index (χ4n) is 1.84. The van der Waals surface area contributed by atoms with Crippen molar-refractivity contribution in [1.29, 1.82) is 0 Å². The number of carbonyl (C=O) groups excluding carboxylic acids is 1. The summed E-state index contributed by atoms with van der Waals surface area (Å²) < 4.78 is 0. The maximum absolute atomic E-state index is 11.4. The zero-order valence-electron chi connectivity index (χ0n) is 8.29. The minimum absolute atomic E-state index is 0.193. The van der Waals surface area contributed by atoms with Gasteiger partial charge in [0.25, 0.3) is 0 Å². The lowest BCUT2D eigenvalue weighted by molar-refractivity contribution is -0.118. The summed E-state index contributed by atoms with van der Waals surface area (Å²) in [6, 6.07) is 6.06. The molecule has 1 aliphatic rings. The van der Waals surface area contributed by atoms with Gasteiger partial charge in [-0.25, -0.2) is 0 Å². The van der Waals surface area contributed by atoms with Crippen LogP contribution in [0.15, 0.2) is 18.2 Å². The zero-order chi connectivity index (χ0) is 10.1.